The van der Waals surface area contributed by atoms with Crippen LogP contribution in [-0.4, -0.2) is 47.2 Å². The molecule has 2 heterocycles. The van der Waals surface area contributed by atoms with E-state index in [4.69, 9.17) is 10.9 Å². The summed E-state index contributed by atoms with van der Waals surface area (Å²) in [6.45, 7) is 0. The van der Waals surface area contributed by atoms with Gasteiger partial charge in [-0.25, -0.2) is 22.5 Å². The standard InChI is InChI=1S/C12H11BrFN5O4S/c13-8-3-7(1-2-9(8)14)19(20)11(15)10-12(18-23-17-10)16-6-4-24(21,22)5-6/h1-3,6,15,20H,4-5H2,(H,16,18)/i4D2,5D2. The first-order valence-electron chi connectivity index (χ1n) is 8.18. The van der Waals surface area contributed by atoms with Crippen molar-refractivity contribution in [1.82, 2.24) is 10.3 Å². The van der Waals surface area contributed by atoms with Gasteiger partial charge in [0.25, 0.3) is 0 Å². The molecule has 9 nitrogen and oxygen atoms in total. The average molecular weight is 424 g/mol. The summed E-state index contributed by atoms with van der Waals surface area (Å²) >= 11 is 2.93. The molecule has 0 unspecified atom stereocenters. The Morgan fingerprint density at radius 3 is 2.92 bits per heavy atom. The third-order valence-electron chi connectivity index (χ3n) is 2.90. The molecular formula is C12H11BrFN5O4S. The fraction of sp³-hybridized carbons (Fsp3) is 0.250. The molecule has 0 radical (unpaired) electrons. The Morgan fingerprint density at radius 1 is 1.54 bits per heavy atom. The molecule has 3 rings (SSSR count). The second-order valence-electron chi connectivity index (χ2n) is 4.54. The summed E-state index contributed by atoms with van der Waals surface area (Å²) in [7, 11) is -4.72. The van der Waals surface area contributed by atoms with Crippen molar-refractivity contribution >= 4 is 43.1 Å². The van der Waals surface area contributed by atoms with Crippen molar-refractivity contribution in [3.05, 3.63) is 34.2 Å². The van der Waals surface area contributed by atoms with Gasteiger partial charge in [0, 0.05) is 5.48 Å². The quantitative estimate of drug-likeness (QED) is 0.381. The zero-order valence-electron chi connectivity index (χ0n) is 15.5. The van der Waals surface area contributed by atoms with Gasteiger partial charge in [-0.3, -0.25) is 10.6 Å². The first-order chi connectivity index (χ1) is 12.8. The van der Waals surface area contributed by atoms with Crippen LogP contribution in [-0.2, 0) is 9.84 Å². The molecule has 0 saturated carbocycles. The SMILES string of the molecule is [2H]C1([2H])C(Nc2nonc2C(=N)N(O)c2ccc(F)c(Br)c2)C([2H])([2H])S1(=O)=O. The van der Waals surface area contributed by atoms with Gasteiger partial charge in [-0.1, -0.05) is 0 Å². The molecule has 1 aliphatic heterocycles. The molecule has 24 heavy (non-hydrogen) atoms. The van der Waals surface area contributed by atoms with Crippen molar-refractivity contribution < 1.29 is 28.1 Å². The second kappa shape index (κ2) is 6.11. The number of rotatable bonds is 4. The zero-order chi connectivity index (χ0) is 21.1. The maximum absolute atomic E-state index is 13.3. The molecule has 12 heteroatoms. The van der Waals surface area contributed by atoms with Crippen LogP contribution in [0.5, 0.6) is 0 Å². The minimum atomic E-state index is -4.72. The summed E-state index contributed by atoms with van der Waals surface area (Å²) in [5, 5.41) is 27.5. The third-order valence-corrected chi connectivity index (χ3v) is 4.60. The number of hydrogen-bond acceptors (Lipinski definition) is 8. The molecule has 0 atom stereocenters. The third kappa shape index (κ3) is 3.25. The molecular weight excluding hydrogens is 409 g/mol. The molecule has 2 aromatic rings. The molecule has 0 aliphatic carbocycles. The Balaban J connectivity index is 1.88. The molecule has 0 bridgehead atoms. The van der Waals surface area contributed by atoms with Gasteiger partial charge in [0.1, 0.15) is 5.82 Å². The Labute approximate surface area is 149 Å². The van der Waals surface area contributed by atoms with Gasteiger partial charge < -0.3 is 5.32 Å². The van der Waals surface area contributed by atoms with Crippen LogP contribution in [0, 0.1) is 11.2 Å². The van der Waals surface area contributed by atoms with Gasteiger partial charge in [0.05, 0.1) is 27.6 Å². The van der Waals surface area contributed by atoms with E-state index in [1.807, 2.05) is 0 Å². The molecule has 1 aromatic heterocycles. The van der Waals surface area contributed by atoms with Crippen molar-refractivity contribution in [3.8, 4) is 0 Å². The number of amidine groups is 1. The van der Waals surface area contributed by atoms with E-state index in [0.29, 0.717) is 5.06 Å². The summed E-state index contributed by atoms with van der Waals surface area (Å²) in [6.07, 6.45) is 0. The van der Waals surface area contributed by atoms with Crippen molar-refractivity contribution in [1.29, 1.82) is 5.41 Å². The van der Waals surface area contributed by atoms with Gasteiger partial charge in [0.2, 0.25) is 5.82 Å². The average Bonchev–Trinajstić information content (AvgIpc) is 3.08. The Morgan fingerprint density at radius 2 is 2.25 bits per heavy atom. The summed E-state index contributed by atoms with van der Waals surface area (Å²) in [4.78, 5) is 0. The first-order valence-corrected chi connectivity index (χ1v) is 8.46. The summed E-state index contributed by atoms with van der Waals surface area (Å²) < 4.78 is 71.5. The molecule has 0 spiro atoms. The van der Waals surface area contributed by atoms with Crippen LogP contribution in [0.15, 0.2) is 27.3 Å². The number of nitrogens with zero attached hydrogens (tertiary/aromatic N) is 3. The maximum atomic E-state index is 13.3. The molecule has 0 amide bonds. The normalized spacial score (nSPS) is 23.1. The van der Waals surface area contributed by atoms with Gasteiger partial charge in [0.15, 0.2) is 21.4 Å². The van der Waals surface area contributed by atoms with E-state index in [9.17, 15) is 18.0 Å². The fourth-order valence-electron chi connectivity index (χ4n) is 1.79. The van der Waals surface area contributed by atoms with E-state index < -0.39 is 50.5 Å². The predicted molar refractivity (Wildman–Crippen MR) is 85.6 cm³/mol. The lowest BCUT2D eigenvalue weighted by molar-refractivity contribution is 0.300. The summed E-state index contributed by atoms with van der Waals surface area (Å²) in [5.41, 5.74) is -6.39. The molecule has 1 fully saturated rings. The van der Waals surface area contributed by atoms with Crippen LogP contribution in [0.3, 0.4) is 0 Å². The van der Waals surface area contributed by atoms with E-state index in [-0.39, 0.29) is 10.2 Å². The molecule has 128 valence electrons. The minimum absolute atomic E-state index is 0.00884. The van der Waals surface area contributed by atoms with Crippen LogP contribution < -0.4 is 10.4 Å². The Hall–Kier alpha value is -2.05. The Bertz CT molecular complexity index is 1040. The van der Waals surface area contributed by atoms with Crippen molar-refractivity contribution in [2.24, 2.45) is 0 Å². The predicted octanol–water partition coefficient (Wildman–Crippen LogP) is 1.40. The van der Waals surface area contributed by atoms with E-state index in [1.54, 1.807) is 0 Å². The topological polar surface area (TPSA) is 132 Å². The van der Waals surface area contributed by atoms with Gasteiger partial charge in [-0.05, 0) is 44.4 Å². The number of hydroxylamine groups is 1. The highest BCUT2D eigenvalue weighted by atomic mass is 79.9. The lowest BCUT2D eigenvalue weighted by Gasteiger charge is -2.26. The van der Waals surface area contributed by atoms with Crippen molar-refractivity contribution in [2.75, 3.05) is 21.8 Å². The summed E-state index contributed by atoms with van der Waals surface area (Å²) in [6, 6.07) is 1.49. The number of nitrogens with one attached hydrogen (secondary N) is 2. The monoisotopic (exact) mass is 423 g/mol. The second-order valence-corrected chi connectivity index (χ2v) is 6.87. The number of sulfone groups is 1. The molecule has 3 N–H and O–H groups in total. The number of hydrogen-bond donors (Lipinski definition) is 3. The van der Waals surface area contributed by atoms with Crippen LogP contribution in [0.25, 0.3) is 0 Å². The van der Waals surface area contributed by atoms with Crippen LogP contribution in [0.1, 0.15) is 11.2 Å². The van der Waals surface area contributed by atoms with E-state index in [1.165, 1.54) is 6.07 Å². The lowest BCUT2D eigenvalue weighted by atomic mass is 10.2. The van der Waals surface area contributed by atoms with Crippen LogP contribution in [0.2, 0.25) is 0 Å². The van der Waals surface area contributed by atoms with Crippen LogP contribution >= 0.6 is 15.9 Å². The van der Waals surface area contributed by atoms with Crippen molar-refractivity contribution in [3.63, 3.8) is 0 Å². The van der Waals surface area contributed by atoms with Crippen molar-refractivity contribution in [2.45, 2.75) is 6.04 Å². The molecule has 1 aromatic carbocycles. The number of aromatic nitrogens is 2. The van der Waals surface area contributed by atoms with E-state index in [2.05, 4.69) is 36.2 Å². The minimum Gasteiger partial charge on any atom is -0.360 e. The van der Waals surface area contributed by atoms with Gasteiger partial charge in [-0.2, -0.15) is 0 Å². The van der Waals surface area contributed by atoms with E-state index in [0.717, 1.165) is 12.1 Å². The highest BCUT2D eigenvalue weighted by Gasteiger charge is 2.35. The van der Waals surface area contributed by atoms with Gasteiger partial charge >= 0.3 is 0 Å². The smallest absolute Gasteiger partial charge is 0.202 e. The largest absolute Gasteiger partial charge is 0.360 e. The first kappa shape index (κ1) is 12.3. The fourth-order valence-corrected chi connectivity index (χ4v) is 2.90. The number of halogens is 2. The van der Waals surface area contributed by atoms with Gasteiger partial charge in [-0.15, -0.1) is 0 Å². The Kier molecular flexibility index (Phi) is 3.14. The zero-order valence-corrected chi connectivity index (χ0v) is 13.9. The maximum Gasteiger partial charge on any atom is 0.202 e. The highest BCUT2D eigenvalue weighted by molar-refractivity contribution is 9.10. The number of anilines is 2. The lowest BCUT2D eigenvalue weighted by Crippen LogP contribution is -2.47. The van der Waals surface area contributed by atoms with E-state index >= 15 is 0 Å². The number of benzene rings is 1. The molecule has 1 aliphatic rings. The van der Waals surface area contributed by atoms with Crippen LogP contribution in [0.4, 0.5) is 15.9 Å². The highest BCUT2D eigenvalue weighted by Crippen LogP contribution is 2.25. The molecule has 1 saturated heterocycles. The summed E-state index contributed by atoms with van der Waals surface area (Å²) in [5.74, 6) is -1.80.